The van der Waals surface area contributed by atoms with E-state index in [0.717, 1.165) is 42.2 Å². The summed E-state index contributed by atoms with van der Waals surface area (Å²) in [5.41, 5.74) is 8.70. The zero-order valence-electron chi connectivity index (χ0n) is 12.9. The molecule has 7 nitrogen and oxygen atoms in total. The van der Waals surface area contributed by atoms with Gasteiger partial charge in [-0.05, 0) is 25.5 Å². The van der Waals surface area contributed by atoms with Gasteiger partial charge < -0.3 is 16.2 Å². The number of carboxylic acids is 1. The summed E-state index contributed by atoms with van der Waals surface area (Å²) in [5.74, 6) is -0.190. The van der Waals surface area contributed by atoms with Crippen molar-refractivity contribution >= 4 is 28.8 Å². The number of rotatable bonds is 3. The maximum atomic E-state index is 11.1. The first-order valence-corrected chi connectivity index (χ1v) is 8.68. The van der Waals surface area contributed by atoms with Gasteiger partial charge in [0, 0.05) is 24.0 Å². The first-order chi connectivity index (χ1) is 11.6. The van der Waals surface area contributed by atoms with Crippen LogP contribution in [-0.2, 0) is 0 Å². The Balaban J connectivity index is 1.82. The van der Waals surface area contributed by atoms with Gasteiger partial charge in [-0.25, -0.2) is 14.8 Å². The van der Waals surface area contributed by atoms with Crippen molar-refractivity contribution < 1.29 is 9.90 Å². The van der Waals surface area contributed by atoms with Gasteiger partial charge in [0.2, 0.25) is 0 Å². The Bertz CT molecular complexity index is 910. The van der Waals surface area contributed by atoms with Gasteiger partial charge >= 0.3 is 5.97 Å². The van der Waals surface area contributed by atoms with Gasteiger partial charge in [0.05, 0.1) is 28.0 Å². The number of nitrogen functional groups attached to an aromatic ring is 1. The van der Waals surface area contributed by atoms with Crippen LogP contribution in [0.25, 0.3) is 16.2 Å². The monoisotopic (exact) mass is 343 g/mol. The summed E-state index contributed by atoms with van der Waals surface area (Å²) in [6, 6.07) is 1.65. The molecule has 1 fully saturated rings. The lowest BCUT2D eigenvalue weighted by molar-refractivity contribution is 0.0697. The fourth-order valence-corrected chi connectivity index (χ4v) is 3.97. The molecule has 4 heterocycles. The lowest BCUT2D eigenvalue weighted by atomic mass is 9.97. The highest BCUT2D eigenvalue weighted by Gasteiger charge is 2.21. The van der Waals surface area contributed by atoms with Gasteiger partial charge in [-0.3, -0.25) is 4.40 Å². The summed E-state index contributed by atoms with van der Waals surface area (Å²) < 4.78 is 1.92. The van der Waals surface area contributed by atoms with E-state index in [4.69, 9.17) is 10.8 Å². The number of hydrogen-bond donors (Lipinski definition) is 3. The number of nitrogens with zero attached hydrogens (tertiary/aromatic N) is 3. The van der Waals surface area contributed by atoms with E-state index < -0.39 is 5.97 Å². The van der Waals surface area contributed by atoms with E-state index in [1.807, 2.05) is 10.6 Å². The molecule has 3 aromatic heterocycles. The number of carbonyl (C=O) groups is 1. The number of aromatic nitrogens is 3. The predicted octanol–water partition coefficient (Wildman–Crippen LogP) is 2.21. The molecule has 1 atom stereocenters. The molecule has 1 unspecified atom stereocenters. The van der Waals surface area contributed by atoms with Crippen LogP contribution >= 0.6 is 11.3 Å². The van der Waals surface area contributed by atoms with Crippen LogP contribution in [0.5, 0.6) is 0 Å². The van der Waals surface area contributed by atoms with Crippen LogP contribution in [0.2, 0.25) is 0 Å². The number of nitrogens with one attached hydrogen (secondary N) is 1. The van der Waals surface area contributed by atoms with Crippen molar-refractivity contribution in [1.29, 1.82) is 0 Å². The smallest absolute Gasteiger partial charge is 0.336 e. The highest BCUT2D eigenvalue weighted by atomic mass is 32.1. The molecule has 0 amide bonds. The second-order valence-electron chi connectivity index (χ2n) is 5.94. The molecule has 0 bridgehead atoms. The highest BCUT2D eigenvalue weighted by Crippen LogP contribution is 2.31. The van der Waals surface area contributed by atoms with Crippen molar-refractivity contribution in [2.75, 3.05) is 18.8 Å². The molecule has 4 N–H and O–H groups in total. The van der Waals surface area contributed by atoms with E-state index in [2.05, 4.69) is 15.3 Å². The minimum atomic E-state index is -0.934. The minimum Gasteiger partial charge on any atom is -0.478 e. The predicted molar refractivity (Wildman–Crippen MR) is 92.5 cm³/mol. The van der Waals surface area contributed by atoms with Gasteiger partial charge in [0.15, 0.2) is 11.5 Å². The quantitative estimate of drug-likeness (QED) is 0.673. The highest BCUT2D eigenvalue weighted by molar-refractivity contribution is 7.13. The first kappa shape index (κ1) is 15.1. The number of anilines is 1. The third-order valence-electron chi connectivity index (χ3n) is 4.35. The van der Waals surface area contributed by atoms with E-state index in [1.165, 1.54) is 11.3 Å². The SMILES string of the molecule is Nc1ncc(-c2cc(C(=O)O)cs2)n2cc(C3CCCNC3)nc12. The molecule has 1 aliphatic rings. The number of piperidine rings is 1. The Labute approximate surface area is 142 Å². The van der Waals surface area contributed by atoms with Gasteiger partial charge in [-0.2, -0.15) is 0 Å². The number of thiophene rings is 1. The second-order valence-corrected chi connectivity index (χ2v) is 6.85. The maximum Gasteiger partial charge on any atom is 0.336 e. The van der Waals surface area contributed by atoms with E-state index in [9.17, 15) is 4.79 Å². The fourth-order valence-electron chi connectivity index (χ4n) is 3.08. The topological polar surface area (TPSA) is 106 Å². The van der Waals surface area contributed by atoms with Crippen LogP contribution < -0.4 is 11.1 Å². The molecular formula is C16H17N5O2S. The van der Waals surface area contributed by atoms with Crippen LogP contribution in [0, 0.1) is 0 Å². The Morgan fingerprint density at radius 1 is 1.50 bits per heavy atom. The standard InChI is InChI=1S/C16H17N5O2S/c17-14-15-20-11(9-2-1-3-18-5-9)7-21(15)12(6-19-14)13-4-10(8-24-13)16(22)23/h4,6-9,18H,1-3,5H2,(H2,17,19)(H,22,23). The second kappa shape index (κ2) is 5.88. The average molecular weight is 343 g/mol. The largest absolute Gasteiger partial charge is 0.478 e. The van der Waals surface area contributed by atoms with Crippen LogP contribution in [0.15, 0.2) is 23.8 Å². The van der Waals surface area contributed by atoms with Crippen molar-refractivity contribution in [2.24, 2.45) is 0 Å². The fraction of sp³-hybridized carbons (Fsp3) is 0.312. The Morgan fingerprint density at radius 3 is 3.08 bits per heavy atom. The molecule has 3 aromatic rings. The third kappa shape index (κ3) is 2.53. The van der Waals surface area contributed by atoms with Gasteiger partial charge in [-0.15, -0.1) is 11.3 Å². The van der Waals surface area contributed by atoms with Gasteiger partial charge in [0.1, 0.15) is 0 Å². The number of aromatic carboxylic acids is 1. The summed E-state index contributed by atoms with van der Waals surface area (Å²) >= 11 is 1.37. The van der Waals surface area contributed by atoms with Crippen molar-refractivity contribution in [1.82, 2.24) is 19.7 Å². The van der Waals surface area contributed by atoms with E-state index >= 15 is 0 Å². The molecule has 0 spiro atoms. The Kier molecular flexibility index (Phi) is 3.70. The number of imidazole rings is 1. The van der Waals surface area contributed by atoms with E-state index in [-0.39, 0.29) is 5.56 Å². The number of hydrogen-bond acceptors (Lipinski definition) is 6. The molecule has 1 saturated heterocycles. The normalized spacial score (nSPS) is 18.1. The van der Waals surface area contributed by atoms with Crippen molar-refractivity contribution in [3.05, 3.63) is 35.1 Å². The zero-order chi connectivity index (χ0) is 16.7. The zero-order valence-corrected chi connectivity index (χ0v) is 13.7. The summed E-state index contributed by atoms with van der Waals surface area (Å²) in [6.45, 7) is 1.96. The number of carboxylic acid groups (broad SMARTS) is 1. The Morgan fingerprint density at radius 2 is 2.38 bits per heavy atom. The molecule has 124 valence electrons. The van der Waals surface area contributed by atoms with Crippen LogP contribution in [0.1, 0.15) is 34.8 Å². The molecule has 4 rings (SSSR count). The number of fused-ring (bicyclic) bond motifs is 1. The van der Waals surface area contributed by atoms with E-state index in [0.29, 0.717) is 17.4 Å². The van der Waals surface area contributed by atoms with Crippen LogP contribution in [-0.4, -0.2) is 38.5 Å². The molecule has 0 saturated carbocycles. The van der Waals surface area contributed by atoms with E-state index in [1.54, 1.807) is 17.6 Å². The van der Waals surface area contributed by atoms with Crippen LogP contribution in [0.4, 0.5) is 5.82 Å². The lowest BCUT2D eigenvalue weighted by Crippen LogP contribution is -2.28. The Hall–Kier alpha value is -2.45. The van der Waals surface area contributed by atoms with Crippen molar-refractivity contribution in [2.45, 2.75) is 18.8 Å². The molecular weight excluding hydrogens is 326 g/mol. The van der Waals surface area contributed by atoms with Crippen molar-refractivity contribution in [3.63, 3.8) is 0 Å². The summed E-state index contributed by atoms with van der Waals surface area (Å²) in [6.07, 6.45) is 5.90. The van der Waals surface area contributed by atoms with Crippen LogP contribution in [0.3, 0.4) is 0 Å². The summed E-state index contributed by atoms with van der Waals surface area (Å²) in [7, 11) is 0. The first-order valence-electron chi connectivity index (χ1n) is 7.80. The van der Waals surface area contributed by atoms with Crippen molar-refractivity contribution in [3.8, 4) is 10.6 Å². The molecule has 8 heteroatoms. The molecule has 24 heavy (non-hydrogen) atoms. The third-order valence-corrected chi connectivity index (χ3v) is 5.31. The minimum absolute atomic E-state index is 0.275. The molecule has 0 aliphatic carbocycles. The maximum absolute atomic E-state index is 11.1. The molecule has 0 aromatic carbocycles. The summed E-state index contributed by atoms with van der Waals surface area (Å²) in [4.78, 5) is 20.9. The molecule has 1 aliphatic heterocycles. The van der Waals surface area contributed by atoms with Gasteiger partial charge in [-0.1, -0.05) is 0 Å². The molecule has 0 radical (unpaired) electrons. The van der Waals surface area contributed by atoms with Gasteiger partial charge in [0.25, 0.3) is 0 Å². The lowest BCUT2D eigenvalue weighted by Gasteiger charge is -2.20. The number of nitrogens with two attached hydrogens (primary N) is 1. The average Bonchev–Trinajstić information content (AvgIpc) is 3.24. The summed E-state index contributed by atoms with van der Waals surface area (Å²) in [5, 5.41) is 14.1.